The van der Waals surface area contributed by atoms with Crippen LogP contribution in [0.2, 0.25) is 10.0 Å². The Labute approximate surface area is 116 Å². The zero-order chi connectivity index (χ0) is 13.0. The van der Waals surface area contributed by atoms with E-state index in [1.807, 2.05) is 24.3 Å². The second-order valence-corrected chi connectivity index (χ2v) is 4.59. The van der Waals surface area contributed by atoms with Gasteiger partial charge in [0.05, 0.1) is 11.3 Å². The van der Waals surface area contributed by atoms with E-state index >= 15 is 0 Å². The molecule has 90 valence electrons. The third-order valence-corrected chi connectivity index (χ3v) is 3.13. The SMILES string of the molecule is N#Cc1cc(Cl)ccc1NCc1ccccc1Cl. The predicted octanol–water partition coefficient (Wildman–Crippen LogP) is 4.48. The molecule has 0 aliphatic rings. The fourth-order valence-corrected chi connectivity index (χ4v) is 1.97. The normalized spacial score (nSPS) is 9.83. The lowest BCUT2D eigenvalue weighted by Crippen LogP contribution is -2.01. The van der Waals surface area contributed by atoms with Gasteiger partial charge in [-0.15, -0.1) is 0 Å². The van der Waals surface area contributed by atoms with E-state index in [0.29, 0.717) is 22.2 Å². The first kappa shape index (κ1) is 12.8. The van der Waals surface area contributed by atoms with Gasteiger partial charge in [-0.1, -0.05) is 41.4 Å². The molecule has 2 aromatic carbocycles. The van der Waals surface area contributed by atoms with E-state index < -0.39 is 0 Å². The van der Waals surface area contributed by atoms with E-state index in [9.17, 15) is 0 Å². The van der Waals surface area contributed by atoms with Gasteiger partial charge < -0.3 is 5.32 Å². The van der Waals surface area contributed by atoms with Crippen molar-refractivity contribution in [1.82, 2.24) is 0 Å². The first-order chi connectivity index (χ1) is 8.70. The minimum atomic E-state index is 0.523. The van der Waals surface area contributed by atoms with E-state index in [2.05, 4.69) is 11.4 Å². The maximum Gasteiger partial charge on any atom is 0.101 e. The summed E-state index contributed by atoms with van der Waals surface area (Å²) >= 11 is 11.9. The first-order valence-electron chi connectivity index (χ1n) is 5.37. The molecule has 2 rings (SSSR count). The maximum atomic E-state index is 9.02. The molecule has 2 nitrogen and oxygen atoms in total. The lowest BCUT2D eigenvalue weighted by molar-refractivity contribution is 1.15. The topological polar surface area (TPSA) is 35.8 Å². The average molecular weight is 277 g/mol. The Hall–Kier alpha value is -1.69. The number of rotatable bonds is 3. The summed E-state index contributed by atoms with van der Waals surface area (Å²) in [6, 6.07) is 14.9. The molecule has 2 aromatic rings. The summed E-state index contributed by atoms with van der Waals surface area (Å²) in [4.78, 5) is 0. The van der Waals surface area contributed by atoms with Crippen LogP contribution < -0.4 is 5.32 Å². The van der Waals surface area contributed by atoms with Crippen molar-refractivity contribution in [2.75, 3.05) is 5.32 Å². The van der Waals surface area contributed by atoms with Crippen LogP contribution in [0.1, 0.15) is 11.1 Å². The summed E-state index contributed by atoms with van der Waals surface area (Å²) < 4.78 is 0. The van der Waals surface area contributed by atoms with Crippen molar-refractivity contribution in [1.29, 1.82) is 5.26 Å². The Morgan fingerprint density at radius 3 is 2.61 bits per heavy atom. The number of hydrogen-bond acceptors (Lipinski definition) is 2. The van der Waals surface area contributed by atoms with Gasteiger partial charge in [-0.3, -0.25) is 0 Å². The molecule has 0 aromatic heterocycles. The van der Waals surface area contributed by atoms with E-state index in [-0.39, 0.29) is 0 Å². The second-order valence-electron chi connectivity index (χ2n) is 3.75. The zero-order valence-electron chi connectivity index (χ0n) is 9.45. The Bertz CT molecular complexity index is 603. The average Bonchev–Trinajstić information content (AvgIpc) is 2.39. The van der Waals surface area contributed by atoms with Gasteiger partial charge in [0, 0.05) is 16.6 Å². The first-order valence-corrected chi connectivity index (χ1v) is 6.13. The van der Waals surface area contributed by atoms with Crippen molar-refractivity contribution < 1.29 is 0 Å². The van der Waals surface area contributed by atoms with Crippen molar-refractivity contribution in [3.63, 3.8) is 0 Å². The Balaban J connectivity index is 2.16. The highest BCUT2D eigenvalue weighted by molar-refractivity contribution is 6.31. The molecule has 0 radical (unpaired) electrons. The summed E-state index contributed by atoms with van der Waals surface area (Å²) in [5.41, 5.74) is 2.26. The summed E-state index contributed by atoms with van der Waals surface area (Å²) in [7, 11) is 0. The van der Waals surface area contributed by atoms with Crippen LogP contribution in [0.25, 0.3) is 0 Å². The Kier molecular flexibility index (Phi) is 4.09. The predicted molar refractivity (Wildman–Crippen MR) is 74.9 cm³/mol. The van der Waals surface area contributed by atoms with Gasteiger partial charge in [0.25, 0.3) is 0 Å². The van der Waals surface area contributed by atoms with Crippen LogP contribution in [-0.4, -0.2) is 0 Å². The van der Waals surface area contributed by atoms with Crippen LogP contribution in [0.3, 0.4) is 0 Å². The van der Waals surface area contributed by atoms with Gasteiger partial charge in [-0.25, -0.2) is 0 Å². The molecule has 0 atom stereocenters. The molecule has 0 heterocycles. The highest BCUT2D eigenvalue weighted by atomic mass is 35.5. The Morgan fingerprint density at radius 2 is 1.89 bits per heavy atom. The molecular weight excluding hydrogens is 267 g/mol. The molecule has 0 bridgehead atoms. The molecule has 0 spiro atoms. The lowest BCUT2D eigenvalue weighted by atomic mass is 10.1. The van der Waals surface area contributed by atoms with Crippen LogP contribution in [0, 0.1) is 11.3 Å². The van der Waals surface area contributed by atoms with E-state index in [1.54, 1.807) is 18.2 Å². The molecule has 1 N–H and O–H groups in total. The molecule has 0 saturated carbocycles. The summed E-state index contributed by atoms with van der Waals surface area (Å²) in [6.45, 7) is 0.565. The molecule has 0 amide bonds. The van der Waals surface area contributed by atoms with Gasteiger partial charge >= 0.3 is 0 Å². The number of nitrogens with one attached hydrogen (secondary N) is 1. The number of hydrogen-bond donors (Lipinski definition) is 1. The van der Waals surface area contributed by atoms with Gasteiger partial charge in [0.1, 0.15) is 6.07 Å². The highest BCUT2D eigenvalue weighted by Crippen LogP contribution is 2.22. The van der Waals surface area contributed by atoms with Crippen molar-refractivity contribution in [3.05, 3.63) is 63.6 Å². The molecule has 0 fully saturated rings. The molecule has 0 aliphatic heterocycles. The summed E-state index contributed by atoms with van der Waals surface area (Å²) in [5.74, 6) is 0. The van der Waals surface area contributed by atoms with Gasteiger partial charge in [-0.05, 0) is 29.8 Å². The standard InChI is InChI=1S/C14H10Cl2N2/c15-12-5-6-14(11(7-12)8-17)18-9-10-3-1-2-4-13(10)16/h1-7,18H,9H2. The fraction of sp³-hybridized carbons (Fsp3) is 0.0714. The quantitative estimate of drug-likeness (QED) is 0.898. The smallest absolute Gasteiger partial charge is 0.101 e. The van der Waals surface area contributed by atoms with Crippen molar-refractivity contribution in [2.45, 2.75) is 6.54 Å². The van der Waals surface area contributed by atoms with Crippen LogP contribution in [0.5, 0.6) is 0 Å². The lowest BCUT2D eigenvalue weighted by Gasteiger charge is -2.09. The monoisotopic (exact) mass is 276 g/mol. The van der Waals surface area contributed by atoms with E-state index in [1.165, 1.54) is 0 Å². The number of halogens is 2. The van der Waals surface area contributed by atoms with Crippen molar-refractivity contribution >= 4 is 28.9 Å². The van der Waals surface area contributed by atoms with E-state index in [4.69, 9.17) is 28.5 Å². The van der Waals surface area contributed by atoms with Crippen molar-refractivity contribution in [3.8, 4) is 6.07 Å². The second kappa shape index (κ2) is 5.77. The van der Waals surface area contributed by atoms with Gasteiger partial charge in [0.15, 0.2) is 0 Å². The number of nitriles is 1. The van der Waals surface area contributed by atoms with Crippen LogP contribution in [0.15, 0.2) is 42.5 Å². The zero-order valence-corrected chi connectivity index (χ0v) is 11.0. The largest absolute Gasteiger partial charge is 0.380 e. The summed E-state index contributed by atoms with van der Waals surface area (Å²) in [5, 5.41) is 13.5. The van der Waals surface area contributed by atoms with E-state index in [0.717, 1.165) is 11.3 Å². The third-order valence-electron chi connectivity index (χ3n) is 2.53. The Morgan fingerprint density at radius 1 is 1.11 bits per heavy atom. The van der Waals surface area contributed by atoms with Crippen LogP contribution >= 0.6 is 23.2 Å². The molecule has 4 heteroatoms. The van der Waals surface area contributed by atoms with Crippen LogP contribution in [-0.2, 0) is 6.54 Å². The van der Waals surface area contributed by atoms with Crippen molar-refractivity contribution in [2.24, 2.45) is 0 Å². The summed E-state index contributed by atoms with van der Waals surface area (Å²) in [6.07, 6.45) is 0. The molecule has 18 heavy (non-hydrogen) atoms. The third kappa shape index (κ3) is 2.95. The van der Waals surface area contributed by atoms with Gasteiger partial charge in [-0.2, -0.15) is 5.26 Å². The van der Waals surface area contributed by atoms with Crippen LogP contribution in [0.4, 0.5) is 5.69 Å². The molecule has 0 unspecified atom stereocenters. The fourth-order valence-electron chi connectivity index (χ4n) is 1.60. The molecule has 0 aliphatic carbocycles. The minimum absolute atomic E-state index is 0.523. The molecular formula is C14H10Cl2N2. The number of anilines is 1. The maximum absolute atomic E-state index is 9.02. The van der Waals surface area contributed by atoms with Gasteiger partial charge in [0.2, 0.25) is 0 Å². The molecule has 0 saturated heterocycles. The minimum Gasteiger partial charge on any atom is -0.380 e. The number of nitrogens with zero attached hydrogens (tertiary/aromatic N) is 1. The highest BCUT2D eigenvalue weighted by Gasteiger charge is 2.04. The number of benzene rings is 2.